The number of hydrogen-bond donors (Lipinski definition) is 0. The molecule has 104 valence electrons. The quantitative estimate of drug-likeness (QED) is 0.771. The van der Waals surface area contributed by atoms with E-state index in [1.807, 2.05) is 27.7 Å². The first-order valence-electron chi connectivity index (χ1n) is 7.10. The van der Waals surface area contributed by atoms with E-state index in [-0.39, 0.29) is 17.3 Å². The Bertz CT molecular complexity index is 344. The third-order valence-corrected chi connectivity index (χ3v) is 4.74. The zero-order chi connectivity index (χ0) is 13.7. The second-order valence-electron chi connectivity index (χ2n) is 7.15. The van der Waals surface area contributed by atoms with Crippen molar-refractivity contribution in [1.82, 2.24) is 4.90 Å². The van der Waals surface area contributed by atoms with E-state index in [4.69, 9.17) is 4.74 Å². The van der Waals surface area contributed by atoms with Gasteiger partial charge >= 0.3 is 0 Å². The fourth-order valence-electron chi connectivity index (χ4n) is 3.21. The lowest BCUT2D eigenvalue weighted by Crippen LogP contribution is -2.43. The monoisotopic (exact) mass is 253 g/mol. The van der Waals surface area contributed by atoms with Crippen LogP contribution in [-0.4, -0.2) is 41.5 Å². The summed E-state index contributed by atoms with van der Waals surface area (Å²) in [5.41, 5.74) is -0.976. The number of Topliss-reactive ketones (excluding diaryl/α,β-unsaturated/α-hetero) is 1. The third kappa shape index (κ3) is 2.48. The summed E-state index contributed by atoms with van der Waals surface area (Å²) in [6, 6.07) is 0.581. The van der Waals surface area contributed by atoms with Crippen LogP contribution in [0.4, 0.5) is 0 Å². The number of ketones is 1. The van der Waals surface area contributed by atoms with Crippen molar-refractivity contribution in [1.29, 1.82) is 0 Å². The Hall–Kier alpha value is -0.410. The van der Waals surface area contributed by atoms with Crippen molar-refractivity contribution >= 4 is 5.78 Å². The fraction of sp³-hybridized carbons (Fsp3) is 0.933. The fourth-order valence-corrected chi connectivity index (χ4v) is 3.21. The Morgan fingerprint density at radius 3 is 2.28 bits per heavy atom. The molecule has 0 amide bonds. The molecular formula is C15H27NO2. The van der Waals surface area contributed by atoms with Gasteiger partial charge < -0.3 is 9.64 Å². The van der Waals surface area contributed by atoms with Crippen molar-refractivity contribution in [3.8, 4) is 0 Å². The van der Waals surface area contributed by atoms with Gasteiger partial charge in [0.1, 0.15) is 5.60 Å². The smallest absolute Gasteiger partial charge is 0.171 e. The summed E-state index contributed by atoms with van der Waals surface area (Å²) in [5.74, 6) is 1.07. The third-order valence-electron chi connectivity index (χ3n) is 4.74. The van der Waals surface area contributed by atoms with Crippen LogP contribution in [0, 0.1) is 11.8 Å². The lowest BCUT2D eigenvalue weighted by molar-refractivity contribution is -0.132. The van der Waals surface area contributed by atoms with Gasteiger partial charge in [-0.05, 0) is 60.4 Å². The number of ether oxygens (including phenoxy) is 1. The number of carbonyl (C=O) groups is 1. The van der Waals surface area contributed by atoms with Gasteiger partial charge in [0.25, 0.3) is 0 Å². The molecule has 0 aromatic rings. The molecule has 0 radical (unpaired) electrons. The number of nitrogens with zero attached hydrogens (tertiary/aromatic N) is 1. The Morgan fingerprint density at radius 2 is 1.89 bits per heavy atom. The Kier molecular flexibility index (Phi) is 3.35. The van der Waals surface area contributed by atoms with Gasteiger partial charge in [0, 0.05) is 12.6 Å². The first kappa shape index (κ1) is 14.0. The van der Waals surface area contributed by atoms with E-state index in [1.54, 1.807) is 0 Å². The van der Waals surface area contributed by atoms with Crippen LogP contribution in [0.15, 0.2) is 0 Å². The molecular weight excluding hydrogens is 226 g/mol. The summed E-state index contributed by atoms with van der Waals surface area (Å²) in [6.07, 6.45) is 2.69. The molecule has 2 aliphatic rings. The highest BCUT2D eigenvalue weighted by Crippen LogP contribution is 2.41. The predicted molar refractivity (Wildman–Crippen MR) is 72.6 cm³/mol. The van der Waals surface area contributed by atoms with Gasteiger partial charge in [0.2, 0.25) is 0 Å². The first-order valence-corrected chi connectivity index (χ1v) is 7.10. The molecule has 1 saturated heterocycles. The highest BCUT2D eigenvalue weighted by atomic mass is 16.5. The minimum atomic E-state index is -0.627. The minimum Gasteiger partial charge on any atom is -0.361 e. The second kappa shape index (κ2) is 4.31. The SMILES string of the molecule is CC(C1CC1)N(C)CC1C(=O)C(C)(C)OC1(C)C. The standard InChI is InChI=1S/C15H27NO2/c1-10(11-7-8-11)16(6)9-12-13(17)15(4,5)18-14(12,2)3/h10-12H,7-9H2,1-6H3. The molecule has 18 heavy (non-hydrogen) atoms. The zero-order valence-electron chi connectivity index (χ0n) is 12.6. The maximum Gasteiger partial charge on any atom is 0.171 e. The lowest BCUT2D eigenvalue weighted by atomic mass is 9.85. The highest BCUT2D eigenvalue weighted by molar-refractivity contribution is 5.91. The van der Waals surface area contributed by atoms with Gasteiger partial charge in [0.15, 0.2) is 5.78 Å². The van der Waals surface area contributed by atoms with Gasteiger partial charge in [-0.2, -0.15) is 0 Å². The molecule has 3 nitrogen and oxygen atoms in total. The van der Waals surface area contributed by atoms with Gasteiger partial charge in [-0.3, -0.25) is 4.79 Å². The molecule has 1 heterocycles. The molecule has 0 N–H and O–H groups in total. The van der Waals surface area contributed by atoms with E-state index in [0.717, 1.165) is 12.5 Å². The van der Waals surface area contributed by atoms with Gasteiger partial charge in [-0.15, -0.1) is 0 Å². The van der Waals surface area contributed by atoms with Crippen molar-refractivity contribution in [3.63, 3.8) is 0 Å². The molecule has 2 fully saturated rings. The Morgan fingerprint density at radius 1 is 1.33 bits per heavy atom. The first-order chi connectivity index (χ1) is 8.15. The van der Waals surface area contributed by atoms with Crippen molar-refractivity contribution < 1.29 is 9.53 Å². The van der Waals surface area contributed by atoms with Crippen LogP contribution in [0.2, 0.25) is 0 Å². The zero-order valence-corrected chi connectivity index (χ0v) is 12.6. The number of rotatable bonds is 4. The molecule has 3 heteroatoms. The van der Waals surface area contributed by atoms with Crippen molar-refractivity contribution in [2.24, 2.45) is 11.8 Å². The van der Waals surface area contributed by atoms with Crippen LogP contribution >= 0.6 is 0 Å². The predicted octanol–water partition coefficient (Wildman–Crippen LogP) is 2.49. The summed E-state index contributed by atoms with van der Waals surface area (Å²) < 4.78 is 5.94. The summed E-state index contributed by atoms with van der Waals surface area (Å²) in [7, 11) is 2.14. The molecule has 2 unspecified atom stereocenters. The van der Waals surface area contributed by atoms with E-state index in [9.17, 15) is 4.79 Å². The van der Waals surface area contributed by atoms with Gasteiger partial charge in [0.05, 0.1) is 11.5 Å². The topological polar surface area (TPSA) is 29.5 Å². The maximum absolute atomic E-state index is 12.4. The molecule has 0 aromatic carbocycles. The maximum atomic E-state index is 12.4. The van der Waals surface area contributed by atoms with Crippen LogP contribution in [-0.2, 0) is 9.53 Å². The van der Waals surface area contributed by atoms with E-state index in [2.05, 4.69) is 18.9 Å². The highest BCUT2D eigenvalue weighted by Gasteiger charge is 2.53. The average Bonchev–Trinajstić information content (AvgIpc) is 3.02. The molecule has 2 atom stereocenters. The summed E-state index contributed by atoms with van der Waals surface area (Å²) in [6.45, 7) is 11.0. The number of hydrogen-bond acceptors (Lipinski definition) is 3. The molecule has 2 rings (SSSR count). The lowest BCUT2D eigenvalue weighted by Gasteiger charge is -2.32. The minimum absolute atomic E-state index is 0.0151. The molecule has 1 aliphatic carbocycles. The van der Waals surface area contributed by atoms with E-state index < -0.39 is 5.60 Å². The summed E-state index contributed by atoms with van der Waals surface area (Å²) >= 11 is 0. The van der Waals surface area contributed by atoms with E-state index in [0.29, 0.717) is 6.04 Å². The van der Waals surface area contributed by atoms with Crippen LogP contribution in [0.25, 0.3) is 0 Å². The summed E-state index contributed by atoms with van der Waals surface area (Å²) in [5, 5.41) is 0. The molecule has 1 saturated carbocycles. The second-order valence-corrected chi connectivity index (χ2v) is 7.15. The molecule has 1 aliphatic heterocycles. The molecule has 0 aromatic heterocycles. The van der Waals surface area contributed by atoms with Gasteiger partial charge in [-0.1, -0.05) is 0 Å². The molecule has 0 bridgehead atoms. The van der Waals surface area contributed by atoms with E-state index in [1.165, 1.54) is 12.8 Å². The molecule has 0 spiro atoms. The van der Waals surface area contributed by atoms with Crippen LogP contribution in [0.5, 0.6) is 0 Å². The summed E-state index contributed by atoms with van der Waals surface area (Å²) in [4.78, 5) is 14.8. The van der Waals surface area contributed by atoms with Crippen molar-refractivity contribution in [2.45, 2.75) is 64.7 Å². The normalized spacial score (nSPS) is 31.9. The van der Waals surface area contributed by atoms with Crippen LogP contribution in [0.3, 0.4) is 0 Å². The van der Waals surface area contributed by atoms with Gasteiger partial charge in [-0.25, -0.2) is 0 Å². The largest absolute Gasteiger partial charge is 0.361 e. The van der Waals surface area contributed by atoms with Crippen molar-refractivity contribution in [2.75, 3.05) is 13.6 Å². The van der Waals surface area contributed by atoms with Crippen LogP contribution < -0.4 is 0 Å². The Balaban J connectivity index is 2.05. The number of carbonyl (C=O) groups excluding carboxylic acids is 1. The average molecular weight is 253 g/mol. The Labute approximate surface area is 111 Å². The van der Waals surface area contributed by atoms with Crippen LogP contribution in [0.1, 0.15) is 47.5 Å². The van der Waals surface area contributed by atoms with E-state index >= 15 is 0 Å². The van der Waals surface area contributed by atoms with Crippen molar-refractivity contribution in [3.05, 3.63) is 0 Å².